The molecule has 1 fully saturated rings. The number of anilines is 2. The van der Waals surface area contributed by atoms with Gasteiger partial charge in [0.1, 0.15) is 5.75 Å². The fourth-order valence-electron chi connectivity index (χ4n) is 3.23. The highest BCUT2D eigenvalue weighted by Crippen LogP contribution is 2.36. The second-order valence-electron chi connectivity index (χ2n) is 6.68. The Labute approximate surface area is 154 Å². The van der Waals surface area contributed by atoms with Crippen LogP contribution in [0.25, 0.3) is 0 Å². The molecule has 1 atom stereocenters. The Hall–Kier alpha value is -2.12. The lowest BCUT2D eigenvalue weighted by Gasteiger charge is -2.35. The SMILES string of the molecule is CCCC(=O)Nc1ccc2c(c1)N(CCN1CCOCC1)C(=O)C(C)O2. The van der Waals surface area contributed by atoms with Crippen molar-refractivity contribution >= 4 is 23.2 Å². The summed E-state index contributed by atoms with van der Waals surface area (Å²) in [6.07, 6.45) is 0.763. The van der Waals surface area contributed by atoms with E-state index < -0.39 is 6.10 Å². The lowest BCUT2D eigenvalue weighted by atomic mass is 10.1. The van der Waals surface area contributed by atoms with Gasteiger partial charge in [0, 0.05) is 38.3 Å². The summed E-state index contributed by atoms with van der Waals surface area (Å²) in [6, 6.07) is 5.46. The molecule has 1 N–H and O–H groups in total. The third-order valence-electron chi connectivity index (χ3n) is 4.67. The highest BCUT2D eigenvalue weighted by atomic mass is 16.5. The van der Waals surface area contributed by atoms with Crippen LogP contribution in [0.3, 0.4) is 0 Å². The van der Waals surface area contributed by atoms with E-state index in [1.54, 1.807) is 11.8 Å². The maximum atomic E-state index is 12.7. The van der Waals surface area contributed by atoms with Crippen molar-refractivity contribution < 1.29 is 19.1 Å². The second kappa shape index (κ2) is 8.51. The third kappa shape index (κ3) is 4.34. The molecule has 2 heterocycles. The van der Waals surface area contributed by atoms with Crippen LogP contribution in [0.1, 0.15) is 26.7 Å². The Morgan fingerprint density at radius 2 is 2.04 bits per heavy atom. The van der Waals surface area contributed by atoms with Gasteiger partial charge in [0.2, 0.25) is 5.91 Å². The van der Waals surface area contributed by atoms with Gasteiger partial charge in [0.05, 0.1) is 18.9 Å². The number of hydrogen-bond donors (Lipinski definition) is 1. The van der Waals surface area contributed by atoms with Crippen LogP contribution >= 0.6 is 0 Å². The zero-order chi connectivity index (χ0) is 18.5. The van der Waals surface area contributed by atoms with E-state index in [9.17, 15) is 9.59 Å². The standard InChI is InChI=1S/C19H27N3O4/c1-3-4-18(23)20-15-5-6-17-16(13-15)22(19(24)14(2)26-17)8-7-21-9-11-25-12-10-21/h5-6,13-14H,3-4,7-12H2,1-2H3,(H,20,23). The number of nitrogens with zero attached hydrogens (tertiary/aromatic N) is 2. The van der Waals surface area contributed by atoms with Crippen LogP contribution in [0, 0.1) is 0 Å². The molecule has 2 aliphatic heterocycles. The fraction of sp³-hybridized carbons (Fsp3) is 0.579. The summed E-state index contributed by atoms with van der Waals surface area (Å²) in [5.41, 5.74) is 1.40. The molecule has 7 heteroatoms. The topological polar surface area (TPSA) is 71.1 Å². The monoisotopic (exact) mass is 361 g/mol. The van der Waals surface area contributed by atoms with Crippen molar-refractivity contribution in [3.05, 3.63) is 18.2 Å². The minimum atomic E-state index is -0.507. The van der Waals surface area contributed by atoms with Gasteiger partial charge in [-0.1, -0.05) is 6.92 Å². The molecule has 142 valence electrons. The number of benzene rings is 1. The normalized spacial score (nSPS) is 20.5. The number of carbonyl (C=O) groups is 2. The number of hydrogen-bond acceptors (Lipinski definition) is 5. The maximum Gasteiger partial charge on any atom is 0.267 e. The molecule has 2 amide bonds. The van der Waals surface area contributed by atoms with Gasteiger partial charge in [-0.2, -0.15) is 0 Å². The molecule has 0 aromatic heterocycles. The molecule has 0 bridgehead atoms. The van der Waals surface area contributed by atoms with Gasteiger partial charge in [-0.05, 0) is 31.5 Å². The van der Waals surface area contributed by atoms with Crippen molar-refractivity contribution in [3.63, 3.8) is 0 Å². The molecular formula is C19H27N3O4. The third-order valence-corrected chi connectivity index (χ3v) is 4.67. The highest BCUT2D eigenvalue weighted by molar-refractivity contribution is 6.01. The quantitative estimate of drug-likeness (QED) is 0.838. The molecular weight excluding hydrogens is 334 g/mol. The molecule has 0 spiro atoms. The van der Waals surface area contributed by atoms with E-state index in [2.05, 4.69) is 10.2 Å². The molecule has 26 heavy (non-hydrogen) atoms. The average molecular weight is 361 g/mol. The molecule has 1 aromatic carbocycles. The first-order valence-corrected chi connectivity index (χ1v) is 9.30. The van der Waals surface area contributed by atoms with Gasteiger partial charge in [0.15, 0.2) is 6.10 Å². The second-order valence-corrected chi connectivity index (χ2v) is 6.68. The zero-order valence-electron chi connectivity index (χ0n) is 15.5. The van der Waals surface area contributed by atoms with Crippen molar-refractivity contribution in [1.82, 2.24) is 4.90 Å². The Kier molecular flexibility index (Phi) is 6.11. The van der Waals surface area contributed by atoms with Crippen LogP contribution in [0.5, 0.6) is 5.75 Å². The lowest BCUT2D eigenvalue weighted by molar-refractivity contribution is -0.125. The lowest BCUT2D eigenvalue weighted by Crippen LogP contribution is -2.48. The number of carbonyl (C=O) groups excluding carboxylic acids is 2. The molecule has 0 radical (unpaired) electrons. The van der Waals surface area contributed by atoms with Crippen LogP contribution < -0.4 is 15.0 Å². The first-order valence-electron chi connectivity index (χ1n) is 9.30. The first-order chi connectivity index (χ1) is 12.6. The van der Waals surface area contributed by atoms with Gasteiger partial charge in [-0.3, -0.25) is 14.5 Å². The molecule has 3 rings (SSSR count). The van der Waals surface area contributed by atoms with Crippen LogP contribution in [0.4, 0.5) is 11.4 Å². The minimum Gasteiger partial charge on any atom is -0.479 e. The predicted octanol–water partition coefficient (Wildman–Crippen LogP) is 1.87. The Bertz CT molecular complexity index is 658. The minimum absolute atomic E-state index is 0.0243. The van der Waals surface area contributed by atoms with Gasteiger partial charge >= 0.3 is 0 Å². The first kappa shape index (κ1) is 18.7. The number of morpholine rings is 1. The Morgan fingerprint density at radius 3 is 2.77 bits per heavy atom. The summed E-state index contributed by atoms with van der Waals surface area (Å²) in [6.45, 7) is 8.34. The molecule has 0 saturated carbocycles. The number of amides is 2. The van der Waals surface area contributed by atoms with E-state index in [0.29, 0.717) is 24.4 Å². The Balaban J connectivity index is 1.75. The molecule has 7 nitrogen and oxygen atoms in total. The summed E-state index contributed by atoms with van der Waals surface area (Å²) in [5.74, 6) is 0.596. The largest absolute Gasteiger partial charge is 0.479 e. The summed E-state index contributed by atoms with van der Waals surface area (Å²) in [7, 11) is 0. The van der Waals surface area contributed by atoms with E-state index >= 15 is 0 Å². The van der Waals surface area contributed by atoms with Crippen molar-refractivity contribution in [2.75, 3.05) is 49.6 Å². The van der Waals surface area contributed by atoms with Crippen molar-refractivity contribution in [2.45, 2.75) is 32.8 Å². The zero-order valence-corrected chi connectivity index (χ0v) is 15.5. The van der Waals surface area contributed by atoms with Crippen LogP contribution in [0.15, 0.2) is 18.2 Å². The van der Waals surface area contributed by atoms with Gasteiger partial charge in [-0.15, -0.1) is 0 Å². The summed E-state index contributed by atoms with van der Waals surface area (Å²) >= 11 is 0. The van der Waals surface area contributed by atoms with E-state index in [4.69, 9.17) is 9.47 Å². The van der Waals surface area contributed by atoms with Crippen molar-refractivity contribution in [3.8, 4) is 5.75 Å². The van der Waals surface area contributed by atoms with Crippen LogP contribution in [-0.2, 0) is 14.3 Å². The molecule has 0 aliphatic carbocycles. The van der Waals surface area contributed by atoms with E-state index in [1.807, 2.05) is 25.1 Å². The number of fused-ring (bicyclic) bond motifs is 1. The highest BCUT2D eigenvalue weighted by Gasteiger charge is 2.32. The number of nitrogens with one attached hydrogen (secondary N) is 1. The van der Waals surface area contributed by atoms with Crippen LogP contribution in [0.2, 0.25) is 0 Å². The fourth-order valence-corrected chi connectivity index (χ4v) is 3.23. The van der Waals surface area contributed by atoms with Crippen molar-refractivity contribution in [2.24, 2.45) is 0 Å². The summed E-state index contributed by atoms with van der Waals surface area (Å²) < 4.78 is 11.1. The smallest absolute Gasteiger partial charge is 0.267 e. The summed E-state index contributed by atoms with van der Waals surface area (Å²) in [4.78, 5) is 28.6. The molecule has 1 unspecified atom stereocenters. The van der Waals surface area contributed by atoms with Crippen molar-refractivity contribution in [1.29, 1.82) is 0 Å². The number of ether oxygens (including phenoxy) is 2. The summed E-state index contributed by atoms with van der Waals surface area (Å²) in [5, 5.41) is 2.89. The number of rotatable bonds is 6. The van der Waals surface area contributed by atoms with E-state index in [1.165, 1.54) is 0 Å². The average Bonchev–Trinajstić information content (AvgIpc) is 2.63. The van der Waals surface area contributed by atoms with Crippen LogP contribution in [-0.4, -0.2) is 62.2 Å². The van der Waals surface area contributed by atoms with Gasteiger partial charge in [0.25, 0.3) is 5.91 Å². The maximum absolute atomic E-state index is 12.7. The Morgan fingerprint density at radius 1 is 1.27 bits per heavy atom. The predicted molar refractivity (Wildman–Crippen MR) is 99.7 cm³/mol. The van der Waals surface area contributed by atoms with E-state index in [0.717, 1.165) is 45.0 Å². The van der Waals surface area contributed by atoms with Gasteiger partial charge in [-0.25, -0.2) is 0 Å². The molecule has 1 aromatic rings. The van der Waals surface area contributed by atoms with E-state index in [-0.39, 0.29) is 11.8 Å². The van der Waals surface area contributed by atoms with Gasteiger partial charge < -0.3 is 19.7 Å². The molecule has 2 aliphatic rings. The molecule has 1 saturated heterocycles.